The number of rotatable bonds is 2. The Morgan fingerprint density at radius 3 is 2.70 bits per heavy atom. The van der Waals surface area contributed by atoms with E-state index in [-0.39, 0.29) is 6.04 Å². The van der Waals surface area contributed by atoms with Gasteiger partial charge in [0.15, 0.2) is 5.13 Å². The van der Waals surface area contributed by atoms with Crippen molar-refractivity contribution in [1.82, 2.24) is 4.98 Å². The van der Waals surface area contributed by atoms with Crippen molar-refractivity contribution < 1.29 is 0 Å². The molecular formula is C16H27N3S. The highest BCUT2D eigenvalue weighted by Crippen LogP contribution is 2.44. The average molecular weight is 293 g/mol. The van der Waals surface area contributed by atoms with Crippen molar-refractivity contribution in [3.05, 3.63) is 10.6 Å². The zero-order valence-electron chi connectivity index (χ0n) is 13.0. The lowest BCUT2D eigenvalue weighted by atomic mass is 9.77. The Morgan fingerprint density at radius 2 is 2.05 bits per heavy atom. The van der Waals surface area contributed by atoms with E-state index in [0.717, 1.165) is 18.8 Å². The molecule has 1 unspecified atom stereocenters. The third kappa shape index (κ3) is 2.73. The molecule has 4 heteroatoms. The maximum absolute atomic E-state index is 6.36. The Kier molecular flexibility index (Phi) is 3.80. The largest absolute Gasteiger partial charge is 0.348 e. The lowest BCUT2D eigenvalue weighted by molar-refractivity contribution is 0.282. The summed E-state index contributed by atoms with van der Waals surface area (Å²) in [6.45, 7) is 9.26. The Labute approximate surface area is 126 Å². The highest BCUT2D eigenvalue weighted by molar-refractivity contribution is 7.15. The second-order valence-electron chi connectivity index (χ2n) is 7.30. The number of anilines is 1. The van der Waals surface area contributed by atoms with Gasteiger partial charge in [0.2, 0.25) is 0 Å². The van der Waals surface area contributed by atoms with E-state index < -0.39 is 0 Å². The predicted molar refractivity (Wildman–Crippen MR) is 86.4 cm³/mol. The minimum absolute atomic E-state index is 0.188. The van der Waals surface area contributed by atoms with Gasteiger partial charge >= 0.3 is 0 Å². The fourth-order valence-electron chi connectivity index (χ4n) is 3.65. The van der Waals surface area contributed by atoms with Crippen molar-refractivity contribution in [1.29, 1.82) is 0 Å². The van der Waals surface area contributed by atoms with Crippen LogP contribution < -0.4 is 10.6 Å². The first-order valence-corrected chi connectivity index (χ1v) is 8.80. The third-order valence-corrected chi connectivity index (χ3v) is 6.22. The van der Waals surface area contributed by atoms with Crippen LogP contribution in [0.25, 0.3) is 0 Å². The molecule has 2 heterocycles. The van der Waals surface area contributed by atoms with Crippen LogP contribution in [0.5, 0.6) is 0 Å². The summed E-state index contributed by atoms with van der Waals surface area (Å²) >= 11 is 1.85. The number of nitrogens with zero attached hydrogens (tertiary/aromatic N) is 2. The maximum atomic E-state index is 6.36. The molecule has 1 fully saturated rings. The molecule has 0 amide bonds. The number of piperidine rings is 1. The van der Waals surface area contributed by atoms with Crippen molar-refractivity contribution in [2.24, 2.45) is 17.1 Å². The van der Waals surface area contributed by atoms with Gasteiger partial charge in [-0.3, -0.25) is 0 Å². The molecule has 0 aromatic carbocycles. The van der Waals surface area contributed by atoms with Gasteiger partial charge in [0.05, 0.1) is 5.69 Å². The van der Waals surface area contributed by atoms with Crippen LogP contribution in [0.1, 0.15) is 63.1 Å². The summed E-state index contributed by atoms with van der Waals surface area (Å²) in [7, 11) is 0. The molecule has 1 aromatic heterocycles. The van der Waals surface area contributed by atoms with Crippen molar-refractivity contribution in [2.75, 3.05) is 18.0 Å². The molecule has 3 nitrogen and oxygen atoms in total. The number of nitrogens with two attached hydrogens (primary N) is 1. The molecule has 0 spiro atoms. The second-order valence-corrected chi connectivity index (χ2v) is 8.31. The van der Waals surface area contributed by atoms with Gasteiger partial charge in [0, 0.05) is 24.0 Å². The van der Waals surface area contributed by atoms with Gasteiger partial charge < -0.3 is 10.6 Å². The Morgan fingerprint density at radius 1 is 1.35 bits per heavy atom. The number of aromatic nitrogens is 1. The van der Waals surface area contributed by atoms with Crippen molar-refractivity contribution >= 4 is 16.5 Å². The molecule has 1 atom stereocenters. The molecule has 0 saturated carbocycles. The summed E-state index contributed by atoms with van der Waals surface area (Å²) in [4.78, 5) is 8.76. The summed E-state index contributed by atoms with van der Waals surface area (Å²) in [6, 6.07) is 0.188. The molecule has 3 rings (SSSR count). The van der Waals surface area contributed by atoms with E-state index in [2.05, 4.69) is 25.7 Å². The van der Waals surface area contributed by atoms with Gasteiger partial charge in [-0.25, -0.2) is 4.98 Å². The minimum atomic E-state index is 0.188. The van der Waals surface area contributed by atoms with E-state index in [1.54, 1.807) is 0 Å². The van der Waals surface area contributed by atoms with Crippen LogP contribution in [0.2, 0.25) is 0 Å². The van der Waals surface area contributed by atoms with Crippen LogP contribution >= 0.6 is 11.3 Å². The highest BCUT2D eigenvalue weighted by Gasteiger charge is 2.34. The molecule has 0 bridgehead atoms. The zero-order valence-corrected chi connectivity index (χ0v) is 13.8. The molecule has 1 aliphatic carbocycles. The quantitative estimate of drug-likeness (QED) is 0.903. The summed E-state index contributed by atoms with van der Waals surface area (Å²) in [5.41, 5.74) is 7.93. The van der Waals surface area contributed by atoms with E-state index in [0.29, 0.717) is 5.41 Å². The van der Waals surface area contributed by atoms with Crippen molar-refractivity contribution in [3.8, 4) is 0 Å². The second kappa shape index (κ2) is 5.30. The molecule has 1 aliphatic heterocycles. The maximum Gasteiger partial charge on any atom is 0.185 e. The summed E-state index contributed by atoms with van der Waals surface area (Å²) in [5.74, 6) is 0.919. The van der Waals surface area contributed by atoms with Crippen LogP contribution in [-0.4, -0.2) is 18.1 Å². The standard InChI is InChI=1S/C16H27N3S/c1-4-11-5-7-19(8-6-11)15-18-13-10-16(2,3)9-12(17)14(13)20-15/h11-12H,4-10,17H2,1-3H3. The Balaban J connectivity index is 1.77. The first-order chi connectivity index (χ1) is 9.48. The van der Waals surface area contributed by atoms with Crippen LogP contribution in [0.4, 0.5) is 5.13 Å². The lowest BCUT2D eigenvalue weighted by Crippen LogP contribution is -2.33. The van der Waals surface area contributed by atoms with Crippen LogP contribution in [0, 0.1) is 11.3 Å². The van der Waals surface area contributed by atoms with Crippen LogP contribution in [0.15, 0.2) is 0 Å². The number of hydrogen-bond donors (Lipinski definition) is 1. The third-order valence-electron chi connectivity index (χ3n) is 4.93. The molecule has 1 saturated heterocycles. The van der Waals surface area contributed by atoms with Gasteiger partial charge in [-0.15, -0.1) is 0 Å². The van der Waals surface area contributed by atoms with Crippen LogP contribution in [0.3, 0.4) is 0 Å². The van der Waals surface area contributed by atoms with E-state index >= 15 is 0 Å². The number of fused-ring (bicyclic) bond motifs is 1. The summed E-state index contributed by atoms with van der Waals surface area (Å²) in [6.07, 6.45) is 6.12. The minimum Gasteiger partial charge on any atom is -0.348 e. The highest BCUT2D eigenvalue weighted by atomic mass is 32.1. The normalized spacial score (nSPS) is 26.6. The smallest absolute Gasteiger partial charge is 0.185 e. The Hall–Kier alpha value is -0.610. The summed E-state index contributed by atoms with van der Waals surface area (Å²) < 4.78 is 0. The molecule has 1 aromatic rings. The fourth-order valence-corrected chi connectivity index (χ4v) is 4.78. The van der Waals surface area contributed by atoms with Gasteiger partial charge in [-0.05, 0) is 37.0 Å². The van der Waals surface area contributed by atoms with Gasteiger partial charge in [-0.1, -0.05) is 38.5 Å². The molecular weight excluding hydrogens is 266 g/mol. The Bertz CT molecular complexity index is 472. The lowest BCUT2D eigenvalue weighted by Gasteiger charge is -2.32. The molecule has 0 radical (unpaired) electrons. The first kappa shape index (κ1) is 14.3. The van der Waals surface area contributed by atoms with Crippen molar-refractivity contribution in [2.45, 2.75) is 58.9 Å². The molecule has 2 aliphatic rings. The summed E-state index contributed by atoms with van der Waals surface area (Å²) in [5, 5.41) is 1.22. The van der Waals surface area contributed by atoms with E-state index in [1.807, 2.05) is 11.3 Å². The van der Waals surface area contributed by atoms with E-state index in [1.165, 1.54) is 48.1 Å². The zero-order chi connectivity index (χ0) is 14.3. The first-order valence-electron chi connectivity index (χ1n) is 7.98. The van der Waals surface area contributed by atoms with E-state index in [9.17, 15) is 0 Å². The monoisotopic (exact) mass is 293 g/mol. The molecule has 2 N–H and O–H groups in total. The predicted octanol–water partition coefficient (Wildman–Crippen LogP) is 3.74. The number of hydrogen-bond acceptors (Lipinski definition) is 4. The van der Waals surface area contributed by atoms with Gasteiger partial charge in [-0.2, -0.15) is 0 Å². The topological polar surface area (TPSA) is 42.2 Å². The fraction of sp³-hybridized carbons (Fsp3) is 0.812. The molecule has 112 valence electrons. The van der Waals surface area contributed by atoms with Crippen LogP contribution in [-0.2, 0) is 6.42 Å². The number of thiazole rings is 1. The average Bonchev–Trinajstić information content (AvgIpc) is 2.81. The van der Waals surface area contributed by atoms with Gasteiger partial charge in [0.25, 0.3) is 0 Å². The SMILES string of the molecule is CCC1CCN(c2nc3c(s2)C(N)CC(C)(C)C3)CC1. The van der Waals surface area contributed by atoms with Crippen molar-refractivity contribution in [3.63, 3.8) is 0 Å². The molecule has 20 heavy (non-hydrogen) atoms. The van der Waals surface area contributed by atoms with E-state index in [4.69, 9.17) is 10.7 Å². The van der Waals surface area contributed by atoms with Gasteiger partial charge in [0.1, 0.15) is 0 Å².